The van der Waals surface area contributed by atoms with E-state index in [0.717, 1.165) is 18.8 Å². The van der Waals surface area contributed by atoms with Crippen LogP contribution in [0, 0.1) is 6.92 Å². The molecule has 1 aromatic heterocycles. The first-order valence-corrected chi connectivity index (χ1v) is 5.77. The third-order valence-electron chi connectivity index (χ3n) is 3.28. The van der Waals surface area contributed by atoms with Crippen LogP contribution in [-0.4, -0.2) is 4.98 Å². The van der Waals surface area contributed by atoms with Crippen LogP contribution in [0.5, 0.6) is 0 Å². The number of pyridine rings is 1. The molecule has 0 amide bonds. The van der Waals surface area contributed by atoms with Gasteiger partial charge < -0.3 is 10.6 Å². The molecule has 0 atom stereocenters. The quantitative estimate of drug-likeness (QED) is 0.758. The first-order chi connectivity index (χ1) is 8.24. The van der Waals surface area contributed by atoms with E-state index < -0.39 is 0 Å². The zero-order chi connectivity index (χ0) is 11.8. The fourth-order valence-electron chi connectivity index (χ4n) is 2.41. The van der Waals surface area contributed by atoms with Crippen molar-refractivity contribution in [2.45, 2.75) is 20.0 Å². The number of benzene rings is 1. The molecule has 0 spiro atoms. The number of fused-ring (bicyclic) bond motifs is 1. The molecule has 2 aromatic rings. The van der Waals surface area contributed by atoms with E-state index in [-0.39, 0.29) is 0 Å². The third kappa shape index (κ3) is 1.73. The van der Waals surface area contributed by atoms with Crippen molar-refractivity contribution >= 4 is 11.4 Å². The largest absolute Gasteiger partial charge is 0.399 e. The smallest absolute Gasteiger partial charge is 0.0437 e. The van der Waals surface area contributed by atoms with Gasteiger partial charge in [-0.05, 0) is 41.8 Å². The molecule has 2 heterocycles. The van der Waals surface area contributed by atoms with Crippen molar-refractivity contribution < 1.29 is 0 Å². The van der Waals surface area contributed by atoms with Crippen molar-refractivity contribution in [3.05, 3.63) is 53.3 Å². The molecule has 3 nitrogen and oxygen atoms in total. The highest BCUT2D eigenvalue weighted by Crippen LogP contribution is 2.30. The molecular formula is C14H15N3. The average molecular weight is 225 g/mol. The summed E-state index contributed by atoms with van der Waals surface area (Å²) < 4.78 is 0. The molecular weight excluding hydrogens is 210 g/mol. The lowest BCUT2D eigenvalue weighted by Gasteiger charge is -2.19. The van der Waals surface area contributed by atoms with Gasteiger partial charge in [0.2, 0.25) is 0 Å². The summed E-state index contributed by atoms with van der Waals surface area (Å²) in [5.74, 6) is 0. The Morgan fingerprint density at radius 3 is 2.82 bits per heavy atom. The highest BCUT2D eigenvalue weighted by Gasteiger charge is 2.20. The monoisotopic (exact) mass is 225 g/mol. The van der Waals surface area contributed by atoms with Crippen molar-refractivity contribution in [1.82, 2.24) is 4.98 Å². The van der Waals surface area contributed by atoms with Crippen LogP contribution >= 0.6 is 0 Å². The summed E-state index contributed by atoms with van der Waals surface area (Å²) in [4.78, 5) is 6.50. The lowest BCUT2D eigenvalue weighted by Crippen LogP contribution is -2.15. The number of nitrogen functional groups attached to an aromatic ring is 1. The lowest BCUT2D eigenvalue weighted by molar-refractivity contribution is 0.872. The second kappa shape index (κ2) is 3.77. The van der Waals surface area contributed by atoms with Crippen LogP contribution in [0.15, 0.2) is 36.7 Å². The third-order valence-corrected chi connectivity index (χ3v) is 3.28. The normalized spacial score (nSPS) is 13.8. The Hall–Kier alpha value is -2.03. The Morgan fingerprint density at radius 2 is 2.00 bits per heavy atom. The van der Waals surface area contributed by atoms with Crippen molar-refractivity contribution in [2.24, 2.45) is 0 Å². The Morgan fingerprint density at radius 1 is 1.18 bits per heavy atom. The van der Waals surface area contributed by atoms with Gasteiger partial charge in [-0.3, -0.25) is 4.98 Å². The number of aromatic nitrogens is 1. The van der Waals surface area contributed by atoms with Gasteiger partial charge in [-0.15, -0.1) is 0 Å². The van der Waals surface area contributed by atoms with E-state index in [9.17, 15) is 0 Å². The minimum Gasteiger partial charge on any atom is -0.399 e. The standard InChI is InChI=1S/C14H15N3/c1-10-7-16-5-4-14(10)17-8-11-2-3-13(15)6-12(11)9-17/h2-7H,8-9,15H2,1H3. The Balaban J connectivity index is 1.94. The highest BCUT2D eigenvalue weighted by atomic mass is 15.1. The van der Waals surface area contributed by atoms with Gasteiger partial charge in [-0.25, -0.2) is 0 Å². The second-order valence-electron chi connectivity index (χ2n) is 4.55. The van der Waals surface area contributed by atoms with Crippen LogP contribution < -0.4 is 10.6 Å². The summed E-state index contributed by atoms with van der Waals surface area (Å²) in [5.41, 5.74) is 11.8. The number of rotatable bonds is 1. The molecule has 2 N–H and O–H groups in total. The van der Waals surface area contributed by atoms with Crippen LogP contribution in [0.4, 0.5) is 11.4 Å². The summed E-state index contributed by atoms with van der Waals surface area (Å²) in [5, 5.41) is 0. The number of nitrogens with two attached hydrogens (primary N) is 1. The van der Waals surface area contributed by atoms with Crippen molar-refractivity contribution in [3.8, 4) is 0 Å². The predicted octanol–water partition coefficient (Wildman–Crippen LogP) is 2.49. The fraction of sp³-hybridized carbons (Fsp3) is 0.214. The molecule has 0 aliphatic carbocycles. The maximum Gasteiger partial charge on any atom is 0.0437 e. The van der Waals surface area contributed by atoms with E-state index in [0.29, 0.717) is 0 Å². The second-order valence-corrected chi connectivity index (χ2v) is 4.55. The van der Waals surface area contributed by atoms with Gasteiger partial charge in [0.15, 0.2) is 0 Å². The minimum atomic E-state index is 0.844. The molecule has 86 valence electrons. The van der Waals surface area contributed by atoms with Crippen LogP contribution in [0.3, 0.4) is 0 Å². The Labute approximate surface area is 101 Å². The van der Waals surface area contributed by atoms with Gasteiger partial charge >= 0.3 is 0 Å². The Bertz CT molecular complexity index is 563. The molecule has 3 rings (SSSR count). The van der Waals surface area contributed by atoms with Gasteiger partial charge in [0.25, 0.3) is 0 Å². The first-order valence-electron chi connectivity index (χ1n) is 5.77. The zero-order valence-corrected chi connectivity index (χ0v) is 9.85. The minimum absolute atomic E-state index is 0.844. The summed E-state index contributed by atoms with van der Waals surface area (Å²) in [6.45, 7) is 3.99. The fourth-order valence-corrected chi connectivity index (χ4v) is 2.41. The summed E-state index contributed by atoms with van der Waals surface area (Å²) in [6.07, 6.45) is 3.76. The molecule has 17 heavy (non-hydrogen) atoms. The molecule has 1 aliphatic rings. The molecule has 1 aromatic carbocycles. The van der Waals surface area contributed by atoms with E-state index in [1.54, 1.807) is 0 Å². The van der Waals surface area contributed by atoms with Crippen LogP contribution in [0.2, 0.25) is 0 Å². The van der Waals surface area contributed by atoms with E-state index in [1.165, 1.54) is 22.4 Å². The van der Waals surface area contributed by atoms with Crippen LogP contribution in [0.25, 0.3) is 0 Å². The average Bonchev–Trinajstić information content (AvgIpc) is 2.72. The zero-order valence-electron chi connectivity index (χ0n) is 9.85. The van der Waals surface area contributed by atoms with Gasteiger partial charge in [0.05, 0.1) is 0 Å². The number of hydrogen-bond donors (Lipinski definition) is 1. The van der Waals surface area contributed by atoms with E-state index >= 15 is 0 Å². The predicted molar refractivity (Wildman–Crippen MR) is 69.7 cm³/mol. The SMILES string of the molecule is Cc1cnccc1N1Cc2ccc(N)cc2C1. The molecule has 0 fully saturated rings. The molecule has 0 bridgehead atoms. The number of aryl methyl sites for hydroxylation is 1. The lowest BCUT2D eigenvalue weighted by atomic mass is 10.1. The maximum atomic E-state index is 5.82. The van der Waals surface area contributed by atoms with Crippen LogP contribution in [-0.2, 0) is 13.1 Å². The van der Waals surface area contributed by atoms with Gasteiger partial charge in [-0.2, -0.15) is 0 Å². The van der Waals surface area contributed by atoms with Crippen molar-refractivity contribution in [3.63, 3.8) is 0 Å². The van der Waals surface area contributed by atoms with Crippen LogP contribution in [0.1, 0.15) is 16.7 Å². The Kier molecular flexibility index (Phi) is 2.25. The molecule has 1 aliphatic heterocycles. The highest BCUT2D eigenvalue weighted by molar-refractivity contribution is 5.57. The molecule has 0 radical (unpaired) electrons. The van der Waals surface area contributed by atoms with Crippen molar-refractivity contribution in [1.29, 1.82) is 0 Å². The van der Waals surface area contributed by atoms with E-state index in [4.69, 9.17) is 5.73 Å². The number of hydrogen-bond acceptors (Lipinski definition) is 3. The van der Waals surface area contributed by atoms with Gasteiger partial charge in [-0.1, -0.05) is 6.07 Å². The first kappa shape index (κ1) is 10.1. The van der Waals surface area contributed by atoms with Crippen molar-refractivity contribution in [2.75, 3.05) is 10.6 Å². The molecule has 3 heteroatoms. The number of nitrogens with zero attached hydrogens (tertiary/aromatic N) is 2. The summed E-state index contributed by atoms with van der Waals surface area (Å²) >= 11 is 0. The van der Waals surface area contributed by atoms with E-state index in [1.807, 2.05) is 18.5 Å². The molecule has 0 saturated heterocycles. The molecule has 0 saturated carbocycles. The van der Waals surface area contributed by atoms with E-state index in [2.05, 4.69) is 35.0 Å². The number of anilines is 2. The summed E-state index contributed by atoms with van der Waals surface area (Å²) in [7, 11) is 0. The maximum absolute atomic E-state index is 5.82. The van der Waals surface area contributed by atoms with Gasteiger partial charge in [0.1, 0.15) is 0 Å². The summed E-state index contributed by atoms with van der Waals surface area (Å²) in [6, 6.07) is 8.25. The topological polar surface area (TPSA) is 42.2 Å². The molecule has 0 unspecified atom stereocenters. The van der Waals surface area contributed by atoms with Gasteiger partial charge in [0, 0.05) is 36.9 Å².